The molecule has 0 bridgehead atoms. The van der Waals surface area contributed by atoms with Gasteiger partial charge in [-0.05, 0) is 5.56 Å². The van der Waals surface area contributed by atoms with Crippen molar-refractivity contribution in [2.24, 2.45) is 5.73 Å². The molecule has 0 fully saturated rings. The van der Waals surface area contributed by atoms with Crippen LogP contribution in [-0.4, -0.2) is 42.3 Å². The zero-order chi connectivity index (χ0) is 13.1. The summed E-state index contributed by atoms with van der Waals surface area (Å²) in [7, 11) is -0.802. The van der Waals surface area contributed by atoms with Crippen molar-refractivity contribution in [1.29, 1.82) is 0 Å². The van der Waals surface area contributed by atoms with Crippen LogP contribution >= 0.6 is 0 Å². The van der Waals surface area contributed by atoms with Crippen molar-refractivity contribution >= 4 is 18.5 Å². The molecule has 0 radical (unpaired) electrons. The minimum atomic E-state index is -1.06. The smallest absolute Gasteiger partial charge is 0.417 e. The van der Waals surface area contributed by atoms with Crippen molar-refractivity contribution in [3.8, 4) is 5.75 Å². The minimum Gasteiger partial charge on any atom is -0.492 e. The SMILES string of the molecule is N[C@@H](Cc1cccc2c1OCCNB2O)C(=O)O. The van der Waals surface area contributed by atoms with Crippen molar-refractivity contribution < 1.29 is 19.7 Å². The van der Waals surface area contributed by atoms with Gasteiger partial charge in [-0.3, -0.25) is 4.79 Å². The second-order valence-corrected chi connectivity index (χ2v) is 4.19. The Morgan fingerprint density at radius 2 is 2.39 bits per heavy atom. The molecule has 0 unspecified atom stereocenters. The summed E-state index contributed by atoms with van der Waals surface area (Å²) in [5.74, 6) is -0.522. The third-order valence-corrected chi connectivity index (χ3v) is 2.86. The van der Waals surface area contributed by atoms with Crippen LogP contribution < -0.4 is 21.2 Å². The molecule has 7 heteroatoms. The molecule has 96 valence electrons. The first-order valence-electron chi connectivity index (χ1n) is 5.74. The Labute approximate surface area is 105 Å². The van der Waals surface area contributed by atoms with Gasteiger partial charge < -0.3 is 25.8 Å². The summed E-state index contributed by atoms with van der Waals surface area (Å²) >= 11 is 0. The van der Waals surface area contributed by atoms with Crippen molar-refractivity contribution in [3.05, 3.63) is 23.8 Å². The molecule has 0 saturated heterocycles. The molecule has 0 saturated carbocycles. The van der Waals surface area contributed by atoms with E-state index in [-0.39, 0.29) is 6.42 Å². The highest BCUT2D eigenvalue weighted by molar-refractivity contribution is 6.64. The molecule has 1 aliphatic rings. The highest BCUT2D eigenvalue weighted by atomic mass is 16.5. The van der Waals surface area contributed by atoms with E-state index in [9.17, 15) is 9.82 Å². The summed E-state index contributed by atoms with van der Waals surface area (Å²) in [5.41, 5.74) is 6.83. The normalized spacial score (nSPS) is 16.4. The average Bonchev–Trinajstić information content (AvgIpc) is 2.53. The zero-order valence-electron chi connectivity index (χ0n) is 9.80. The van der Waals surface area contributed by atoms with Gasteiger partial charge in [0.2, 0.25) is 0 Å². The molecule has 0 aliphatic carbocycles. The van der Waals surface area contributed by atoms with Crippen LogP contribution in [0, 0.1) is 0 Å². The Morgan fingerprint density at radius 3 is 3.11 bits per heavy atom. The summed E-state index contributed by atoms with van der Waals surface area (Å²) in [6.07, 6.45) is 0.172. The predicted octanol–water partition coefficient (Wildman–Crippen LogP) is -1.69. The fraction of sp³-hybridized carbons (Fsp3) is 0.364. The van der Waals surface area contributed by atoms with E-state index in [1.807, 2.05) is 0 Å². The zero-order valence-corrected chi connectivity index (χ0v) is 9.80. The van der Waals surface area contributed by atoms with E-state index in [1.165, 1.54) is 0 Å². The third-order valence-electron chi connectivity index (χ3n) is 2.86. The number of nitrogens with two attached hydrogens (primary N) is 1. The van der Waals surface area contributed by atoms with Crippen LogP contribution in [0.4, 0.5) is 0 Å². The van der Waals surface area contributed by atoms with Gasteiger partial charge >= 0.3 is 13.0 Å². The molecule has 6 nitrogen and oxygen atoms in total. The van der Waals surface area contributed by atoms with Gasteiger partial charge in [-0.15, -0.1) is 0 Å². The Morgan fingerprint density at radius 1 is 1.61 bits per heavy atom. The summed E-state index contributed by atoms with van der Waals surface area (Å²) in [6, 6.07) is 4.28. The van der Waals surface area contributed by atoms with Gasteiger partial charge in [-0.1, -0.05) is 18.2 Å². The number of carboxylic acid groups (broad SMARTS) is 1. The van der Waals surface area contributed by atoms with E-state index in [1.54, 1.807) is 18.2 Å². The maximum atomic E-state index is 10.8. The first-order chi connectivity index (χ1) is 8.59. The summed E-state index contributed by atoms with van der Waals surface area (Å²) in [4.78, 5) is 10.8. The topological polar surface area (TPSA) is 105 Å². The fourth-order valence-electron chi connectivity index (χ4n) is 1.94. The highest BCUT2D eigenvalue weighted by Crippen LogP contribution is 2.19. The first kappa shape index (κ1) is 12.9. The number of nitrogens with one attached hydrogen (secondary N) is 1. The maximum absolute atomic E-state index is 10.8. The second-order valence-electron chi connectivity index (χ2n) is 4.19. The number of hydrogen-bond acceptors (Lipinski definition) is 5. The Bertz CT molecular complexity index is 455. The van der Waals surface area contributed by atoms with Gasteiger partial charge in [0, 0.05) is 18.4 Å². The monoisotopic (exact) mass is 250 g/mol. The van der Waals surface area contributed by atoms with E-state index in [0.717, 1.165) is 0 Å². The molecule has 1 atom stereocenters. The molecule has 0 amide bonds. The van der Waals surface area contributed by atoms with E-state index in [2.05, 4.69) is 5.23 Å². The molecule has 0 spiro atoms. The predicted molar refractivity (Wildman–Crippen MR) is 66.9 cm³/mol. The van der Waals surface area contributed by atoms with Crippen LogP contribution in [0.5, 0.6) is 5.75 Å². The molecule has 18 heavy (non-hydrogen) atoms. The van der Waals surface area contributed by atoms with Crippen molar-refractivity contribution in [2.45, 2.75) is 12.5 Å². The number of ether oxygens (including phenoxy) is 1. The average molecular weight is 250 g/mol. The lowest BCUT2D eigenvalue weighted by atomic mass is 9.73. The van der Waals surface area contributed by atoms with Gasteiger partial charge in [-0.25, -0.2) is 0 Å². The molecule has 1 aromatic carbocycles. The number of aliphatic carboxylic acids is 1. The maximum Gasteiger partial charge on any atom is 0.417 e. The molecule has 1 aromatic rings. The number of para-hydroxylation sites is 1. The van der Waals surface area contributed by atoms with Crippen LogP contribution in [0.3, 0.4) is 0 Å². The fourth-order valence-corrected chi connectivity index (χ4v) is 1.94. The van der Waals surface area contributed by atoms with E-state index < -0.39 is 19.1 Å². The van der Waals surface area contributed by atoms with Gasteiger partial charge in [0.1, 0.15) is 11.8 Å². The third kappa shape index (κ3) is 2.64. The minimum absolute atomic E-state index is 0.172. The summed E-state index contributed by atoms with van der Waals surface area (Å²) in [6.45, 7) is 0.948. The molecule has 2 rings (SSSR count). The van der Waals surface area contributed by atoms with Crippen LogP contribution in [-0.2, 0) is 11.2 Å². The molecular weight excluding hydrogens is 235 g/mol. The van der Waals surface area contributed by atoms with Crippen molar-refractivity contribution in [1.82, 2.24) is 5.23 Å². The van der Waals surface area contributed by atoms with Crippen LogP contribution in [0.1, 0.15) is 5.56 Å². The molecule has 0 aromatic heterocycles. The molecule has 5 N–H and O–H groups in total. The lowest BCUT2D eigenvalue weighted by Gasteiger charge is -2.15. The quantitative estimate of drug-likeness (QED) is 0.477. The second kappa shape index (κ2) is 5.39. The molecule has 1 aliphatic heterocycles. The molecular formula is C11H15BN2O4. The number of carboxylic acids is 1. The van der Waals surface area contributed by atoms with Crippen LogP contribution in [0.15, 0.2) is 18.2 Å². The Balaban J connectivity index is 2.31. The number of rotatable bonds is 3. The van der Waals surface area contributed by atoms with Gasteiger partial charge in [0.25, 0.3) is 0 Å². The number of carbonyl (C=O) groups is 1. The van der Waals surface area contributed by atoms with E-state index in [4.69, 9.17) is 15.6 Å². The van der Waals surface area contributed by atoms with Crippen molar-refractivity contribution in [3.63, 3.8) is 0 Å². The lowest BCUT2D eigenvalue weighted by molar-refractivity contribution is -0.138. The number of hydrogen-bond donors (Lipinski definition) is 4. The first-order valence-corrected chi connectivity index (χ1v) is 5.74. The Hall–Kier alpha value is -1.57. The summed E-state index contributed by atoms with van der Waals surface area (Å²) < 4.78 is 5.56. The largest absolute Gasteiger partial charge is 0.492 e. The van der Waals surface area contributed by atoms with Crippen molar-refractivity contribution in [2.75, 3.05) is 13.2 Å². The Kier molecular flexibility index (Phi) is 3.85. The van der Waals surface area contributed by atoms with Gasteiger partial charge in [-0.2, -0.15) is 0 Å². The highest BCUT2D eigenvalue weighted by Gasteiger charge is 2.25. The summed E-state index contributed by atoms with van der Waals surface area (Å²) in [5, 5.41) is 21.6. The van der Waals surface area contributed by atoms with Crippen LogP contribution in [0.25, 0.3) is 0 Å². The van der Waals surface area contributed by atoms with Crippen LogP contribution in [0.2, 0.25) is 0 Å². The number of benzene rings is 1. The van der Waals surface area contributed by atoms with E-state index in [0.29, 0.717) is 29.9 Å². The molecule has 1 heterocycles. The lowest BCUT2D eigenvalue weighted by Crippen LogP contribution is -2.44. The van der Waals surface area contributed by atoms with E-state index >= 15 is 0 Å². The standard InChI is InChI=1S/C11H15BN2O4/c13-9(11(15)16)6-7-2-1-3-8-10(7)18-5-4-14-12(8)17/h1-3,9,14,17H,4-6,13H2,(H,15,16)/t9-/m0/s1. The number of fused-ring (bicyclic) bond motifs is 1. The van der Waals surface area contributed by atoms with Gasteiger partial charge in [0.15, 0.2) is 0 Å². The van der Waals surface area contributed by atoms with Gasteiger partial charge in [0.05, 0.1) is 6.61 Å².